The van der Waals surface area contributed by atoms with Gasteiger partial charge < -0.3 is 10.5 Å². The molecule has 0 aromatic carbocycles. The maximum atomic E-state index is 10.1. The Labute approximate surface area is 47.8 Å². The van der Waals surface area contributed by atoms with Gasteiger partial charge in [-0.1, -0.05) is 0 Å². The lowest BCUT2D eigenvalue weighted by Gasteiger charge is -2.04. The SMILES string of the molecule is CCO[C@H](N)C(N)=O. The molecule has 0 heterocycles. The molecule has 4 N–H and O–H groups in total. The highest BCUT2D eigenvalue weighted by molar-refractivity contribution is 5.77. The van der Waals surface area contributed by atoms with Crippen LogP contribution in [0.15, 0.2) is 0 Å². The van der Waals surface area contributed by atoms with E-state index in [4.69, 9.17) is 11.5 Å². The third-order valence-corrected chi connectivity index (χ3v) is 0.627. The highest BCUT2D eigenvalue weighted by Crippen LogP contribution is 1.77. The van der Waals surface area contributed by atoms with Gasteiger partial charge in [-0.3, -0.25) is 10.5 Å². The van der Waals surface area contributed by atoms with Crippen LogP contribution in [-0.2, 0) is 9.53 Å². The molecule has 0 aliphatic carbocycles. The van der Waals surface area contributed by atoms with Crippen molar-refractivity contribution in [2.24, 2.45) is 11.5 Å². The van der Waals surface area contributed by atoms with Gasteiger partial charge in [-0.05, 0) is 6.92 Å². The second kappa shape index (κ2) is 3.40. The van der Waals surface area contributed by atoms with Crippen molar-refractivity contribution in [3.8, 4) is 0 Å². The molecular formula is C4H10N2O2. The van der Waals surface area contributed by atoms with Crippen molar-refractivity contribution >= 4 is 5.91 Å². The van der Waals surface area contributed by atoms with Gasteiger partial charge in [-0.2, -0.15) is 0 Å². The lowest BCUT2D eigenvalue weighted by atomic mass is 10.6. The molecule has 0 saturated carbocycles. The molecule has 1 amide bonds. The van der Waals surface area contributed by atoms with Crippen LogP contribution in [0.3, 0.4) is 0 Å². The number of carbonyl (C=O) groups excluding carboxylic acids is 1. The van der Waals surface area contributed by atoms with Crippen molar-refractivity contribution in [2.75, 3.05) is 6.61 Å². The van der Waals surface area contributed by atoms with Crippen LogP contribution in [0, 0.1) is 0 Å². The first-order valence-electron chi connectivity index (χ1n) is 2.35. The fourth-order valence-electron chi connectivity index (χ4n) is 0.262. The van der Waals surface area contributed by atoms with Gasteiger partial charge in [0, 0.05) is 6.61 Å². The summed E-state index contributed by atoms with van der Waals surface area (Å²) in [5, 5.41) is 0. The average Bonchev–Trinajstić information content (AvgIpc) is 1.67. The molecule has 0 radical (unpaired) electrons. The third-order valence-electron chi connectivity index (χ3n) is 0.627. The van der Waals surface area contributed by atoms with Crippen molar-refractivity contribution in [1.29, 1.82) is 0 Å². The van der Waals surface area contributed by atoms with Crippen LogP contribution < -0.4 is 11.5 Å². The molecule has 0 aromatic rings. The Morgan fingerprint density at radius 2 is 2.38 bits per heavy atom. The summed E-state index contributed by atoms with van der Waals surface area (Å²) in [6.07, 6.45) is -0.944. The Morgan fingerprint density at radius 3 is 2.50 bits per heavy atom. The summed E-state index contributed by atoms with van der Waals surface area (Å²) in [5.41, 5.74) is 9.76. The molecular weight excluding hydrogens is 108 g/mol. The van der Waals surface area contributed by atoms with Crippen molar-refractivity contribution in [3.63, 3.8) is 0 Å². The smallest absolute Gasteiger partial charge is 0.261 e. The maximum absolute atomic E-state index is 10.1. The quantitative estimate of drug-likeness (QED) is 0.456. The zero-order chi connectivity index (χ0) is 6.57. The van der Waals surface area contributed by atoms with E-state index >= 15 is 0 Å². The molecule has 0 aliphatic rings. The molecule has 1 atom stereocenters. The highest BCUT2D eigenvalue weighted by Gasteiger charge is 2.05. The lowest BCUT2D eigenvalue weighted by Crippen LogP contribution is -2.38. The molecule has 0 unspecified atom stereocenters. The van der Waals surface area contributed by atoms with Crippen LogP contribution in [0.1, 0.15) is 6.92 Å². The molecule has 8 heavy (non-hydrogen) atoms. The van der Waals surface area contributed by atoms with E-state index < -0.39 is 12.1 Å². The second-order valence-electron chi connectivity index (χ2n) is 1.28. The van der Waals surface area contributed by atoms with Crippen LogP contribution in [0.25, 0.3) is 0 Å². The van der Waals surface area contributed by atoms with Crippen LogP contribution in [0.5, 0.6) is 0 Å². The normalized spacial score (nSPS) is 13.2. The summed E-state index contributed by atoms with van der Waals surface area (Å²) in [6.45, 7) is 2.15. The summed E-state index contributed by atoms with van der Waals surface area (Å²) < 4.78 is 4.61. The van der Waals surface area contributed by atoms with E-state index in [1.165, 1.54) is 0 Å². The lowest BCUT2D eigenvalue weighted by molar-refractivity contribution is -0.128. The van der Waals surface area contributed by atoms with E-state index in [-0.39, 0.29) is 0 Å². The predicted molar refractivity (Wildman–Crippen MR) is 28.8 cm³/mol. The third kappa shape index (κ3) is 2.54. The number of rotatable bonds is 3. The Hall–Kier alpha value is -0.610. The monoisotopic (exact) mass is 118 g/mol. The van der Waals surface area contributed by atoms with Crippen LogP contribution in [0.4, 0.5) is 0 Å². The number of primary amides is 1. The number of hydrogen-bond donors (Lipinski definition) is 2. The van der Waals surface area contributed by atoms with E-state index in [1.807, 2.05) is 0 Å². The fraction of sp³-hybridized carbons (Fsp3) is 0.750. The van der Waals surface area contributed by atoms with Gasteiger partial charge in [-0.15, -0.1) is 0 Å². The number of amides is 1. The van der Waals surface area contributed by atoms with Gasteiger partial charge in [-0.25, -0.2) is 0 Å². The van der Waals surface area contributed by atoms with E-state index in [2.05, 4.69) is 4.74 Å². The van der Waals surface area contributed by atoms with Crippen molar-refractivity contribution < 1.29 is 9.53 Å². The van der Waals surface area contributed by atoms with Gasteiger partial charge in [0.05, 0.1) is 0 Å². The van der Waals surface area contributed by atoms with Gasteiger partial charge in [0.25, 0.3) is 5.91 Å². The summed E-state index contributed by atoms with van der Waals surface area (Å²) in [6, 6.07) is 0. The first-order valence-corrected chi connectivity index (χ1v) is 2.35. The van der Waals surface area contributed by atoms with Gasteiger partial charge in [0.15, 0.2) is 6.23 Å². The standard InChI is InChI=1S/C4H10N2O2/c1-2-8-4(6)3(5)7/h4H,2,6H2,1H3,(H2,5,7)/t4-/m0/s1. The number of ether oxygens (including phenoxy) is 1. The molecule has 48 valence electrons. The number of nitrogens with two attached hydrogens (primary N) is 2. The molecule has 4 heteroatoms. The number of hydrogen-bond acceptors (Lipinski definition) is 3. The second-order valence-corrected chi connectivity index (χ2v) is 1.28. The summed E-state index contributed by atoms with van der Waals surface area (Å²) in [4.78, 5) is 10.1. The first-order chi connectivity index (χ1) is 3.68. The van der Waals surface area contributed by atoms with Crippen LogP contribution in [0.2, 0.25) is 0 Å². The van der Waals surface area contributed by atoms with Gasteiger partial charge in [0.1, 0.15) is 0 Å². The highest BCUT2D eigenvalue weighted by atomic mass is 16.5. The molecule has 0 fully saturated rings. The molecule has 0 aromatic heterocycles. The zero-order valence-corrected chi connectivity index (χ0v) is 4.76. The Balaban J connectivity index is 3.32. The first kappa shape index (κ1) is 7.39. The van der Waals surface area contributed by atoms with Crippen LogP contribution >= 0.6 is 0 Å². The van der Waals surface area contributed by atoms with Crippen molar-refractivity contribution in [2.45, 2.75) is 13.2 Å². The molecule has 0 aliphatic heterocycles. The van der Waals surface area contributed by atoms with Crippen LogP contribution in [-0.4, -0.2) is 18.7 Å². The van der Waals surface area contributed by atoms with E-state index in [0.29, 0.717) is 6.61 Å². The Morgan fingerprint density at radius 1 is 1.88 bits per heavy atom. The van der Waals surface area contributed by atoms with Gasteiger partial charge in [0.2, 0.25) is 0 Å². The van der Waals surface area contributed by atoms with E-state index in [0.717, 1.165) is 0 Å². The minimum atomic E-state index is -0.944. The topological polar surface area (TPSA) is 78.3 Å². The maximum Gasteiger partial charge on any atom is 0.261 e. The minimum Gasteiger partial charge on any atom is -0.366 e. The van der Waals surface area contributed by atoms with Gasteiger partial charge >= 0.3 is 0 Å². The molecule has 0 spiro atoms. The Kier molecular flexibility index (Phi) is 3.14. The molecule has 0 bridgehead atoms. The summed E-state index contributed by atoms with van der Waals surface area (Å²) in [7, 11) is 0. The minimum absolute atomic E-state index is 0.407. The zero-order valence-electron chi connectivity index (χ0n) is 4.76. The van der Waals surface area contributed by atoms with Crippen molar-refractivity contribution in [1.82, 2.24) is 0 Å². The largest absolute Gasteiger partial charge is 0.366 e. The Bertz CT molecular complexity index is 84.1. The van der Waals surface area contributed by atoms with E-state index in [9.17, 15) is 4.79 Å². The summed E-state index contributed by atoms with van der Waals surface area (Å²) >= 11 is 0. The van der Waals surface area contributed by atoms with E-state index in [1.54, 1.807) is 6.92 Å². The molecule has 0 rings (SSSR count). The summed E-state index contributed by atoms with van der Waals surface area (Å²) in [5.74, 6) is -0.633. The fourth-order valence-corrected chi connectivity index (χ4v) is 0.262. The van der Waals surface area contributed by atoms with Crippen molar-refractivity contribution in [3.05, 3.63) is 0 Å². The molecule has 4 nitrogen and oxygen atoms in total. The molecule has 0 saturated heterocycles. The predicted octanol–water partition coefficient (Wildman–Crippen LogP) is -1.21. The number of carbonyl (C=O) groups is 1. The average molecular weight is 118 g/mol.